The molecule has 2 heterocycles. The van der Waals surface area contributed by atoms with Crippen LogP contribution >= 0.6 is 0 Å². The molecule has 0 bridgehead atoms. The van der Waals surface area contributed by atoms with Gasteiger partial charge in [0, 0.05) is 22.9 Å². The second-order valence-corrected chi connectivity index (χ2v) is 7.75. The van der Waals surface area contributed by atoms with E-state index in [1.807, 2.05) is 0 Å². The molecule has 1 fully saturated rings. The number of benzene rings is 3. The number of rotatable bonds is 4. The van der Waals surface area contributed by atoms with E-state index >= 15 is 0 Å². The van der Waals surface area contributed by atoms with Crippen molar-refractivity contribution in [2.75, 3.05) is 25.2 Å². The quantitative estimate of drug-likeness (QED) is 0.356. The van der Waals surface area contributed by atoms with Crippen LogP contribution in [0, 0.1) is 5.82 Å². The number of nitrogens with zero attached hydrogens (tertiary/aromatic N) is 1. The molecule has 34 heavy (non-hydrogen) atoms. The molecular weight excluding hydrogens is 441 g/mol. The number of amides is 1. The van der Waals surface area contributed by atoms with Crippen molar-refractivity contribution in [1.82, 2.24) is 0 Å². The molecule has 0 spiro atoms. The number of ketones is 1. The maximum atomic E-state index is 15.0. The molecule has 1 N–H and O–H groups in total. The predicted molar refractivity (Wildman–Crippen MR) is 122 cm³/mol. The van der Waals surface area contributed by atoms with E-state index in [1.54, 1.807) is 42.5 Å². The highest BCUT2D eigenvalue weighted by molar-refractivity contribution is 6.51. The van der Waals surface area contributed by atoms with Crippen molar-refractivity contribution in [2.45, 2.75) is 6.04 Å². The number of ether oxygens (including phenoxy) is 3. The molecular formula is C26H20FNO6. The number of fused-ring (bicyclic) bond motifs is 1. The summed E-state index contributed by atoms with van der Waals surface area (Å²) in [5.41, 5.74) is 0.420. The van der Waals surface area contributed by atoms with Crippen molar-refractivity contribution < 1.29 is 33.3 Å². The summed E-state index contributed by atoms with van der Waals surface area (Å²) < 4.78 is 31.3. The fraction of sp³-hybridized carbons (Fsp3) is 0.154. The van der Waals surface area contributed by atoms with Gasteiger partial charge in [-0.25, -0.2) is 4.39 Å². The highest BCUT2D eigenvalue weighted by Gasteiger charge is 2.48. The average Bonchev–Trinajstić information content (AvgIpc) is 3.13. The minimum absolute atomic E-state index is 0.0728. The molecule has 1 saturated heterocycles. The zero-order chi connectivity index (χ0) is 23.8. The van der Waals surface area contributed by atoms with Crippen LogP contribution in [0.4, 0.5) is 10.1 Å². The predicted octanol–water partition coefficient (Wildman–Crippen LogP) is 4.23. The smallest absolute Gasteiger partial charge is 0.300 e. The van der Waals surface area contributed by atoms with Gasteiger partial charge in [-0.2, -0.15) is 0 Å². The van der Waals surface area contributed by atoms with Crippen LogP contribution in [0.3, 0.4) is 0 Å². The lowest BCUT2D eigenvalue weighted by Gasteiger charge is -2.26. The van der Waals surface area contributed by atoms with E-state index in [9.17, 15) is 19.1 Å². The third-order valence-electron chi connectivity index (χ3n) is 5.79. The van der Waals surface area contributed by atoms with Gasteiger partial charge in [-0.3, -0.25) is 14.5 Å². The minimum atomic E-state index is -1.19. The van der Waals surface area contributed by atoms with Crippen LogP contribution in [0.25, 0.3) is 5.76 Å². The van der Waals surface area contributed by atoms with E-state index in [2.05, 4.69) is 0 Å². The summed E-state index contributed by atoms with van der Waals surface area (Å²) in [4.78, 5) is 27.6. The second kappa shape index (κ2) is 8.55. The van der Waals surface area contributed by atoms with Crippen LogP contribution in [0.2, 0.25) is 0 Å². The van der Waals surface area contributed by atoms with Gasteiger partial charge >= 0.3 is 0 Å². The molecule has 5 rings (SSSR count). The van der Waals surface area contributed by atoms with Gasteiger partial charge in [0.25, 0.3) is 11.7 Å². The largest absolute Gasteiger partial charge is 0.507 e. The lowest BCUT2D eigenvalue weighted by Crippen LogP contribution is -2.29. The van der Waals surface area contributed by atoms with Gasteiger partial charge in [0.05, 0.1) is 18.7 Å². The van der Waals surface area contributed by atoms with Crippen LogP contribution in [0.1, 0.15) is 17.2 Å². The van der Waals surface area contributed by atoms with Gasteiger partial charge in [0.15, 0.2) is 11.5 Å². The number of hydrogen-bond donors (Lipinski definition) is 1. The van der Waals surface area contributed by atoms with Crippen molar-refractivity contribution in [3.05, 3.63) is 89.2 Å². The first-order chi connectivity index (χ1) is 16.5. The summed E-state index contributed by atoms with van der Waals surface area (Å²) in [5, 5.41) is 11.2. The number of aliphatic hydroxyl groups is 1. The van der Waals surface area contributed by atoms with E-state index in [1.165, 1.54) is 36.3 Å². The molecule has 0 radical (unpaired) electrons. The summed E-state index contributed by atoms with van der Waals surface area (Å²) >= 11 is 0. The van der Waals surface area contributed by atoms with Crippen molar-refractivity contribution in [3.63, 3.8) is 0 Å². The normalized spacial score (nSPS) is 18.8. The first-order valence-electron chi connectivity index (χ1n) is 10.6. The first kappa shape index (κ1) is 21.5. The van der Waals surface area contributed by atoms with E-state index in [0.29, 0.717) is 36.1 Å². The number of methoxy groups -OCH3 is 1. The molecule has 3 aromatic carbocycles. The fourth-order valence-corrected chi connectivity index (χ4v) is 4.20. The zero-order valence-corrected chi connectivity index (χ0v) is 18.2. The lowest BCUT2D eigenvalue weighted by molar-refractivity contribution is -0.132. The van der Waals surface area contributed by atoms with Crippen LogP contribution in [-0.4, -0.2) is 37.1 Å². The summed E-state index contributed by atoms with van der Waals surface area (Å²) in [7, 11) is 1.48. The van der Waals surface area contributed by atoms with Gasteiger partial charge in [0.2, 0.25) is 0 Å². The number of carbonyl (C=O) groups is 2. The molecule has 8 heteroatoms. The topological polar surface area (TPSA) is 85.3 Å². The molecule has 7 nitrogen and oxygen atoms in total. The van der Waals surface area contributed by atoms with E-state index in [4.69, 9.17) is 14.2 Å². The van der Waals surface area contributed by atoms with Crippen LogP contribution in [-0.2, 0) is 9.59 Å². The Labute approximate surface area is 194 Å². The number of aliphatic hydroxyl groups excluding tert-OH is 1. The number of carbonyl (C=O) groups excluding carboxylic acids is 2. The second-order valence-electron chi connectivity index (χ2n) is 7.75. The number of hydrogen-bond acceptors (Lipinski definition) is 6. The molecule has 1 atom stereocenters. The van der Waals surface area contributed by atoms with Gasteiger partial charge in [0.1, 0.15) is 30.5 Å². The highest BCUT2D eigenvalue weighted by Crippen LogP contribution is 2.44. The van der Waals surface area contributed by atoms with Crippen molar-refractivity contribution >= 4 is 23.1 Å². The molecule has 3 aromatic rings. The number of anilines is 1. The summed E-state index contributed by atoms with van der Waals surface area (Å²) in [6, 6.07) is 15.9. The van der Waals surface area contributed by atoms with Crippen LogP contribution < -0.4 is 19.1 Å². The molecule has 172 valence electrons. The Morgan fingerprint density at radius 1 is 1.00 bits per heavy atom. The van der Waals surface area contributed by atoms with Crippen LogP contribution in [0.15, 0.2) is 72.3 Å². The highest BCUT2D eigenvalue weighted by atomic mass is 19.1. The molecule has 0 saturated carbocycles. The molecule has 1 unspecified atom stereocenters. The van der Waals surface area contributed by atoms with E-state index in [0.717, 1.165) is 0 Å². The van der Waals surface area contributed by atoms with Crippen molar-refractivity contribution in [2.24, 2.45) is 0 Å². The van der Waals surface area contributed by atoms with Gasteiger partial charge in [-0.1, -0.05) is 24.3 Å². The Hall–Kier alpha value is -4.33. The first-order valence-corrected chi connectivity index (χ1v) is 10.6. The Morgan fingerprint density at radius 2 is 1.76 bits per heavy atom. The number of halogens is 1. The fourth-order valence-electron chi connectivity index (χ4n) is 4.20. The summed E-state index contributed by atoms with van der Waals surface area (Å²) in [6.07, 6.45) is 0. The Balaban J connectivity index is 1.71. The molecule has 2 aliphatic heterocycles. The third-order valence-corrected chi connectivity index (χ3v) is 5.79. The SMILES string of the molecule is COc1cccc(N2C(=O)C(=O)/C(=C(/O)c3ccc4c(c3)OCCO4)C2c2ccccc2F)c1. The Morgan fingerprint density at radius 3 is 2.53 bits per heavy atom. The lowest BCUT2D eigenvalue weighted by atomic mass is 9.94. The van der Waals surface area contributed by atoms with Gasteiger partial charge in [-0.15, -0.1) is 0 Å². The number of Topliss-reactive ketones (excluding diaryl/α,β-unsaturated/α-hetero) is 1. The molecule has 2 aliphatic rings. The molecule has 1 amide bonds. The molecule has 0 aromatic heterocycles. The van der Waals surface area contributed by atoms with E-state index in [-0.39, 0.29) is 16.7 Å². The maximum Gasteiger partial charge on any atom is 0.300 e. The van der Waals surface area contributed by atoms with Crippen molar-refractivity contribution in [3.8, 4) is 17.2 Å². The Kier molecular flexibility index (Phi) is 5.41. The summed E-state index contributed by atoms with van der Waals surface area (Å²) in [6.45, 7) is 0.740. The molecule has 0 aliphatic carbocycles. The van der Waals surface area contributed by atoms with Crippen LogP contribution in [0.5, 0.6) is 17.2 Å². The third kappa shape index (κ3) is 3.53. The van der Waals surface area contributed by atoms with E-state index < -0.39 is 29.3 Å². The maximum absolute atomic E-state index is 15.0. The van der Waals surface area contributed by atoms with Gasteiger partial charge < -0.3 is 19.3 Å². The summed E-state index contributed by atoms with van der Waals surface area (Å²) in [5.74, 6) is -1.50. The standard InChI is InChI=1S/C26H20FNO6/c1-32-17-6-4-5-16(14-17)28-23(18-7-2-3-8-19(18)27)22(25(30)26(28)31)24(29)15-9-10-20-21(13-15)34-12-11-33-20/h2-10,13-14,23,29H,11-12H2,1H3/b24-22+. The minimum Gasteiger partial charge on any atom is -0.507 e. The zero-order valence-electron chi connectivity index (χ0n) is 18.2. The van der Waals surface area contributed by atoms with Crippen molar-refractivity contribution in [1.29, 1.82) is 0 Å². The monoisotopic (exact) mass is 461 g/mol. The van der Waals surface area contributed by atoms with Gasteiger partial charge in [-0.05, 0) is 36.4 Å². The Bertz CT molecular complexity index is 1330. The average molecular weight is 461 g/mol.